The molecule has 6 heteroatoms. The van der Waals surface area contributed by atoms with E-state index < -0.39 is 0 Å². The first-order valence-corrected chi connectivity index (χ1v) is 9.66. The molecule has 1 saturated heterocycles. The summed E-state index contributed by atoms with van der Waals surface area (Å²) < 4.78 is 0. The minimum absolute atomic E-state index is 0.111. The molecule has 29 heavy (non-hydrogen) atoms. The van der Waals surface area contributed by atoms with Gasteiger partial charge in [0.25, 0.3) is 5.91 Å². The highest BCUT2D eigenvalue weighted by Crippen LogP contribution is 2.19. The molecule has 4 rings (SSSR count). The van der Waals surface area contributed by atoms with Crippen molar-refractivity contribution in [1.29, 1.82) is 0 Å². The first-order valence-electron chi connectivity index (χ1n) is 9.66. The largest absolute Gasteiger partial charge is 0.352 e. The molecule has 6 nitrogen and oxygen atoms in total. The fraction of sp³-hybridized carbons (Fsp3) is 0.217. The summed E-state index contributed by atoms with van der Waals surface area (Å²) >= 11 is 0. The van der Waals surface area contributed by atoms with Gasteiger partial charge in [-0.15, -0.1) is 5.10 Å². The maximum Gasteiger partial charge on any atom is 0.254 e. The highest BCUT2D eigenvalue weighted by molar-refractivity contribution is 6.15. The first kappa shape index (κ1) is 18.8. The van der Waals surface area contributed by atoms with Gasteiger partial charge >= 0.3 is 0 Å². The second kappa shape index (κ2) is 8.22. The van der Waals surface area contributed by atoms with E-state index in [1.54, 1.807) is 47.5 Å². The van der Waals surface area contributed by atoms with Crippen LogP contribution in [0.4, 0.5) is 5.82 Å². The molecule has 1 aliphatic rings. The van der Waals surface area contributed by atoms with E-state index in [9.17, 15) is 9.59 Å². The number of ketones is 1. The Hall–Kier alpha value is -3.54. The van der Waals surface area contributed by atoms with Gasteiger partial charge in [0.15, 0.2) is 11.6 Å². The van der Waals surface area contributed by atoms with Crippen molar-refractivity contribution in [3.8, 4) is 0 Å². The number of anilines is 1. The van der Waals surface area contributed by atoms with Crippen molar-refractivity contribution < 1.29 is 9.59 Å². The summed E-state index contributed by atoms with van der Waals surface area (Å²) in [5.74, 6) is 0.571. The van der Waals surface area contributed by atoms with Crippen LogP contribution in [0.2, 0.25) is 0 Å². The van der Waals surface area contributed by atoms with Crippen molar-refractivity contribution in [3.05, 3.63) is 89.1 Å². The number of hydrogen-bond acceptors (Lipinski definition) is 5. The topological polar surface area (TPSA) is 66.4 Å². The number of carbonyl (C=O) groups excluding carboxylic acids is 2. The molecule has 0 radical (unpaired) electrons. The zero-order valence-corrected chi connectivity index (χ0v) is 16.3. The molecule has 0 N–H and O–H groups in total. The molecular formula is C23H22N4O2. The van der Waals surface area contributed by atoms with Crippen LogP contribution in [0.5, 0.6) is 0 Å². The summed E-state index contributed by atoms with van der Waals surface area (Å²) in [7, 11) is 0. The van der Waals surface area contributed by atoms with Crippen LogP contribution in [0.15, 0.2) is 66.9 Å². The highest BCUT2D eigenvalue weighted by atomic mass is 16.2. The number of aryl methyl sites for hydroxylation is 1. The molecule has 0 aliphatic carbocycles. The first-order chi connectivity index (χ1) is 14.1. The van der Waals surface area contributed by atoms with Gasteiger partial charge in [0.05, 0.1) is 5.56 Å². The maximum absolute atomic E-state index is 13.2. The number of carbonyl (C=O) groups is 2. The van der Waals surface area contributed by atoms with Crippen LogP contribution < -0.4 is 4.90 Å². The van der Waals surface area contributed by atoms with Gasteiger partial charge in [-0.05, 0) is 25.1 Å². The lowest BCUT2D eigenvalue weighted by atomic mass is 9.97. The number of rotatable bonds is 4. The second-order valence-electron chi connectivity index (χ2n) is 7.10. The summed E-state index contributed by atoms with van der Waals surface area (Å²) in [6.07, 6.45) is 1.64. The Balaban J connectivity index is 1.51. The van der Waals surface area contributed by atoms with Gasteiger partial charge in [-0.1, -0.05) is 48.0 Å². The Bertz CT molecular complexity index is 1010. The second-order valence-corrected chi connectivity index (χ2v) is 7.10. The van der Waals surface area contributed by atoms with E-state index in [0.717, 1.165) is 11.4 Å². The van der Waals surface area contributed by atoms with Gasteiger partial charge in [0, 0.05) is 43.5 Å². The maximum atomic E-state index is 13.2. The van der Waals surface area contributed by atoms with E-state index in [2.05, 4.69) is 15.1 Å². The highest BCUT2D eigenvalue weighted by Gasteiger charge is 2.26. The number of piperazine rings is 1. The van der Waals surface area contributed by atoms with Gasteiger partial charge in [-0.3, -0.25) is 9.59 Å². The number of nitrogens with zero attached hydrogens (tertiary/aromatic N) is 4. The van der Waals surface area contributed by atoms with Crippen molar-refractivity contribution in [2.75, 3.05) is 31.1 Å². The quantitative estimate of drug-likeness (QED) is 0.645. The van der Waals surface area contributed by atoms with Gasteiger partial charge < -0.3 is 9.80 Å². The number of aromatic nitrogens is 2. The smallest absolute Gasteiger partial charge is 0.254 e. The Labute approximate surface area is 169 Å². The van der Waals surface area contributed by atoms with Crippen molar-refractivity contribution in [3.63, 3.8) is 0 Å². The van der Waals surface area contributed by atoms with Gasteiger partial charge in [-0.25, -0.2) is 0 Å². The van der Waals surface area contributed by atoms with Crippen molar-refractivity contribution in [2.24, 2.45) is 0 Å². The van der Waals surface area contributed by atoms with E-state index in [0.29, 0.717) is 42.9 Å². The lowest BCUT2D eigenvalue weighted by Crippen LogP contribution is -2.49. The molecule has 3 aromatic rings. The standard InChI is InChI=1S/C23H22N4O2/c1-17-8-10-18(11-9-17)22(28)19-5-2-3-6-20(19)23(29)27-15-13-26(14-16-27)21-7-4-12-24-25-21/h2-12H,13-16H2,1H3. The normalized spacial score (nSPS) is 14.0. The molecule has 2 aromatic carbocycles. The molecule has 2 heterocycles. The summed E-state index contributed by atoms with van der Waals surface area (Å²) in [6, 6.07) is 18.2. The van der Waals surface area contributed by atoms with Crippen molar-refractivity contribution in [2.45, 2.75) is 6.92 Å². The molecule has 1 aromatic heterocycles. The van der Waals surface area contributed by atoms with E-state index in [1.165, 1.54) is 0 Å². The fourth-order valence-electron chi connectivity index (χ4n) is 3.50. The minimum Gasteiger partial charge on any atom is -0.352 e. The lowest BCUT2D eigenvalue weighted by Gasteiger charge is -2.35. The lowest BCUT2D eigenvalue weighted by molar-refractivity contribution is 0.0742. The van der Waals surface area contributed by atoms with E-state index in [1.807, 2.05) is 31.2 Å². The zero-order valence-electron chi connectivity index (χ0n) is 16.3. The number of hydrogen-bond donors (Lipinski definition) is 0. The molecule has 0 spiro atoms. The van der Waals surface area contributed by atoms with Crippen LogP contribution in [0.3, 0.4) is 0 Å². The molecule has 0 atom stereocenters. The Morgan fingerprint density at radius 3 is 2.17 bits per heavy atom. The summed E-state index contributed by atoms with van der Waals surface area (Å²) in [6.45, 7) is 4.48. The van der Waals surface area contributed by atoms with Gasteiger partial charge in [0.1, 0.15) is 0 Å². The summed E-state index contributed by atoms with van der Waals surface area (Å²) in [4.78, 5) is 30.1. The molecule has 0 saturated carbocycles. The predicted octanol–water partition coefficient (Wildman–Crippen LogP) is 2.98. The van der Waals surface area contributed by atoms with E-state index in [-0.39, 0.29) is 11.7 Å². The average molecular weight is 386 g/mol. The third-order valence-electron chi connectivity index (χ3n) is 5.16. The zero-order chi connectivity index (χ0) is 20.2. The van der Waals surface area contributed by atoms with Crippen LogP contribution in [0.25, 0.3) is 0 Å². The van der Waals surface area contributed by atoms with Crippen LogP contribution >= 0.6 is 0 Å². The molecule has 1 aliphatic heterocycles. The van der Waals surface area contributed by atoms with E-state index >= 15 is 0 Å². The molecule has 0 bridgehead atoms. The Morgan fingerprint density at radius 2 is 1.52 bits per heavy atom. The predicted molar refractivity (Wildman–Crippen MR) is 111 cm³/mol. The van der Waals surface area contributed by atoms with Crippen LogP contribution in [-0.2, 0) is 0 Å². The number of benzene rings is 2. The average Bonchev–Trinajstić information content (AvgIpc) is 2.79. The van der Waals surface area contributed by atoms with Gasteiger partial charge in [-0.2, -0.15) is 5.10 Å². The van der Waals surface area contributed by atoms with E-state index in [4.69, 9.17) is 0 Å². The van der Waals surface area contributed by atoms with Crippen LogP contribution in [0, 0.1) is 6.92 Å². The fourth-order valence-corrected chi connectivity index (χ4v) is 3.50. The number of amides is 1. The molecule has 1 fully saturated rings. The van der Waals surface area contributed by atoms with Crippen molar-refractivity contribution >= 4 is 17.5 Å². The monoisotopic (exact) mass is 386 g/mol. The van der Waals surface area contributed by atoms with Crippen molar-refractivity contribution in [1.82, 2.24) is 15.1 Å². The summed E-state index contributed by atoms with van der Waals surface area (Å²) in [5.41, 5.74) is 2.57. The third kappa shape index (κ3) is 4.01. The molecule has 0 unspecified atom stereocenters. The molecule has 1 amide bonds. The summed E-state index contributed by atoms with van der Waals surface area (Å²) in [5, 5.41) is 8.05. The Kier molecular flexibility index (Phi) is 5.33. The van der Waals surface area contributed by atoms with Crippen LogP contribution in [0.1, 0.15) is 31.8 Å². The van der Waals surface area contributed by atoms with Crippen LogP contribution in [-0.4, -0.2) is 53.0 Å². The van der Waals surface area contributed by atoms with Gasteiger partial charge in [0.2, 0.25) is 0 Å². The molecular weight excluding hydrogens is 364 g/mol. The third-order valence-corrected chi connectivity index (χ3v) is 5.16. The SMILES string of the molecule is Cc1ccc(C(=O)c2ccccc2C(=O)N2CCN(c3cccnn3)CC2)cc1. The molecule has 146 valence electrons. The Morgan fingerprint density at radius 1 is 0.828 bits per heavy atom. The minimum atomic E-state index is -0.132.